The van der Waals surface area contributed by atoms with E-state index in [0.29, 0.717) is 23.5 Å². The summed E-state index contributed by atoms with van der Waals surface area (Å²) in [5.41, 5.74) is 3.26. The Hall–Kier alpha value is -2.14. The van der Waals surface area contributed by atoms with Crippen molar-refractivity contribution in [2.24, 2.45) is 0 Å². The summed E-state index contributed by atoms with van der Waals surface area (Å²) in [6.07, 6.45) is 14.0. The molecule has 5 nitrogen and oxygen atoms in total. The first-order valence-electron chi connectivity index (χ1n) is 10.6. The lowest BCUT2D eigenvalue weighted by atomic mass is 10.1. The molecule has 0 aromatic heterocycles. The van der Waals surface area contributed by atoms with Crippen LogP contribution in [0.15, 0.2) is 30.0 Å². The van der Waals surface area contributed by atoms with Gasteiger partial charge in [-0.3, -0.25) is 9.59 Å². The Kier molecular flexibility index (Phi) is 9.77. The molecule has 0 atom stereocenters. The summed E-state index contributed by atoms with van der Waals surface area (Å²) in [6.45, 7) is 2.87. The van der Waals surface area contributed by atoms with Gasteiger partial charge in [0.1, 0.15) is 17.6 Å². The minimum Gasteiger partial charge on any atom is -0.494 e. The number of rotatable bonds is 14. The number of ketones is 2. The summed E-state index contributed by atoms with van der Waals surface area (Å²) in [7, 11) is 1.56. The van der Waals surface area contributed by atoms with Crippen molar-refractivity contribution < 1.29 is 19.2 Å². The Bertz CT molecular complexity index is 681. The van der Waals surface area contributed by atoms with Crippen LogP contribution in [0.4, 0.5) is 0 Å². The molecule has 0 aliphatic heterocycles. The number of fused-ring (bicyclic) bond motifs is 1. The fourth-order valence-corrected chi connectivity index (χ4v) is 3.40. The highest BCUT2D eigenvalue weighted by atomic mass is 16.6. The van der Waals surface area contributed by atoms with Crippen molar-refractivity contribution in [1.82, 2.24) is 5.48 Å². The monoisotopic (exact) mass is 387 g/mol. The standard InChI is InChI=1S/C23H33NO4/c1-3-4-5-6-7-8-9-10-11-12-15-27-18-13-14-19-20(16-18)23(26)21(22(19)25)17-28-24-2/h13-14,16-17,24H,3-12,15H2,1-2H3. The van der Waals surface area contributed by atoms with E-state index in [1.54, 1.807) is 25.2 Å². The van der Waals surface area contributed by atoms with Crippen molar-refractivity contribution in [3.8, 4) is 5.75 Å². The van der Waals surface area contributed by atoms with Crippen LogP contribution in [0.25, 0.3) is 0 Å². The number of carbonyl (C=O) groups excluding carboxylic acids is 2. The van der Waals surface area contributed by atoms with Crippen molar-refractivity contribution in [2.45, 2.75) is 71.1 Å². The Balaban J connectivity index is 1.67. The molecule has 0 saturated carbocycles. The molecular formula is C23H33NO4. The maximum atomic E-state index is 12.4. The van der Waals surface area contributed by atoms with Gasteiger partial charge in [0.05, 0.1) is 6.61 Å². The molecular weight excluding hydrogens is 354 g/mol. The predicted octanol–water partition coefficient (Wildman–Crippen LogP) is 5.40. The highest BCUT2D eigenvalue weighted by Crippen LogP contribution is 2.29. The van der Waals surface area contributed by atoms with E-state index >= 15 is 0 Å². The largest absolute Gasteiger partial charge is 0.494 e. The van der Waals surface area contributed by atoms with Gasteiger partial charge in [0, 0.05) is 18.2 Å². The Labute approximate surface area is 168 Å². The van der Waals surface area contributed by atoms with Crippen molar-refractivity contribution in [2.75, 3.05) is 13.7 Å². The van der Waals surface area contributed by atoms with Gasteiger partial charge < -0.3 is 9.57 Å². The summed E-state index contributed by atoms with van der Waals surface area (Å²) >= 11 is 0. The lowest BCUT2D eigenvalue weighted by Crippen LogP contribution is -2.07. The van der Waals surface area contributed by atoms with Crippen LogP contribution in [0.2, 0.25) is 0 Å². The maximum Gasteiger partial charge on any atom is 0.201 e. The van der Waals surface area contributed by atoms with E-state index in [4.69, 9.17) is 9.57 Å². The minimum atomic E-state index is -0.320. The van der Waals surface area contributed by atoms with E-state index in [1.165, 1.54) is 51.4 Å². The van der Waals surface area contributed by atoms with Crippen LogP contribution in [0.1, 0.15) is 91.8 Å². The van der Waals surface area contributed by atoms with E-state index in [-0.39, 0.29) is 17.1 Å². The fourth-order valence-electron chi connectivity index (χ4n) is 3.40. The smallest absolute Gasteiger partial charge is 0.201 e. The number of Topliss-reactive ketones (excluding diaryl/α,β-unsaturated/α-hetero) is 2. The molecule has 0 saturated heterocycles. The molecule has 0 spiro atoms. The van der Waals surface area contributed by atoms with Crippen LogP contribution in [-0.2, 0) is 4.84 Å². The average molecular weight is 388 g/mol. The van der Waals surface area contributed by atoms with Gasteiger partial charge >= 0.3 is 0 Å². The summed E-state index contributed by atoms with van der Waals surface area (Å²) < 4.78 is 5.78. The van der Waals surface area contributed by atoms with Gasteiger partial charge in [-0.25, -0.2) is 0 Å². The van der Waals surface area contributed by atoms with E-state index in [1.807, 2.05) is 0 Å². The molecule has 0 fully saturated rings. The molecule has 28 heavy (non-hydrogen) atoms. The van der Waals surface area contributed by atoms with Gasteiger partial charge in [0.15, 0.2) is 0 Å². The summed E-state index contributed by atoms with van der Waals surface area (Å²) in [5.74, 6) is 0.00254. The lowest BCUT2D eigenvalue weighted by Gasteiger charge is -2.07. The van der Waals surface area contributed by atoms with Crippen LogP contribution in [-0.4, -0.2) is 25.2 Å². The zero-order chi connectivity index (χ0) is 20.2. The summed E-state index contributed by atoms with van der Waals surface area (Å²) in [5, 5.41) is 0. The number of allylic oxidation sites excluding steroid dienone is 1. The molecule has 0 amide bonds. The molecule has 1 aliphatic rings. The number of carbonyl (C=O) groups is 2. The first kappa shape index (κ1) is 22.2. The van der Waals surface area contributed by atoms with E-state index in [0.717, 1.165) is 19.1 Å². The topological polar surface area (TPSA) is 64.6 Å². The highest BCUT2D eigenvalue weighted by molar-refractivity contribution is 6.39. The summed E-state index contributed by atoms with van der Waals surface area (Å²) in [6, 6.07) is 5.07. The molecule has 0 radical (unpaired) electrons. The quantitative estimate of drug-likeness (QED) is 0.152. The highest BCUT2D eigenvalue weighted by Gasteiger charge is 2.34. The van der Waals surface area contributed by atoms with Crippen LogP contribution in [0.5, 0.6) is 5.75 Å². The van der Waals surface area contributed by atoms with Gasteiger partial charge in [-0.05, 0) is 24.6 Å². The third-order valence-electron chi connectivity index (χ3n) is 5.03. The number of hydrogen-bond acceptors (Lipinski definition) is 5. The van der Waals surface area contributed by atoms with E-state index in [9.17, 15) is 9.59 Å². The number of unbranched alkanes of at least 4 members (excludes halogenated alkanes) is 9. The molecule has 1 aromatic rings. The van der Waals surface area contributed by atoms with Crippen LogP contribution >= 0.6 is 0 Å². The van der Waals surface area contributed by atoms with Crippen LogP contribution < -0.4 is 10.2 Å². The van der Waals surface area contributed by atoms with Crippen molar-refractivity contribution in [3.63, 3.8) is 0 Å². The first-order chi connectivity index (χ1) is 13.7. The molecule has 0 bridgehead atoms. The maximum absolute atomic E-state index is 12.4. The number of hydroxylamine groups is 1. The van der Waals surface area contributed by atoms with Crippen molar-refractivity contribution in [3.05, 3.63) is 41.2 Å². The van der Waals surface area contributed by atoms with Gasteiger partial charge in [-0.2, -0.15) is 5.48 Å². The second kappa shape index (κ2) is 12.3. The van der Waals surface area contributed by atoms with Crippen molar-refractivity contribution in [1.29, 1.82) is 0 Å². The minimum absolute atomic E-state index is 0.0381. The SMILES string of the molecule is CCCCCCCCCCCCOc1ccc2c(c1)C(=O)C(=CONC)C2=O. The molecule has 1 N–H and O–H groups in total. The molecule has 2 rings (SSSR count). The molecule has 0 heterocycles. The van der Waals surface area contributed by atoms with Gasteiger partial charge in [-0.1, -0.05) is 64.7 Å². The predicted molar refractivity (Wildman–Crippen MR) is 111 cm³/mol. The molecule has 1 aromatic carbocycles. The number of hydrogen-bond donors (Lipinski definition) is 1. The van der Waals surface area contributed by atoms with E-state index in [2.05, 4.69) is 12.4 Å². The average Bonchev–Trinajstić information content (AvgIpc) is 2.94. The van der Waals surface area contributed by atoms with Crippen LogP contribution in [0.3, 0.4) is 0 Å². The third-order valence-corrected chi connectivity index (χ3v) is 5.03. The third kappa shape index (κ3) is 6.48. The lowest BCUT2D eigenvalue weighted by molar-refractivity contribution is 0.0966. The van der Waals surface area contributed by atoms with Crippen molar-refractivity contribution >= 4 is 11.6 Å². The van der Waals surface area contributed by atoms with Gasteiger partial charge in [-0.15, -0.1) is 0 Å². The Morgan fingerprint density at radius 3 is 2.11 bits per heavy atom. The number of ether oxygens (including phenoxy) is 1. The van der Waals surface area contributed by atoms with Crippen LogP contribution in [0, 0.1) is 0 Å². The molecule has 154 valence electrons. The molecule has 1 aliphatic carbocycles. The van der Waals surface area contributed by atoms with Gasteiger partial charge in [0.2, 0.25) is 11.6 Å². The molecule has 0 unspecified atom stereocenters. The van der Waals surface area contributed by atoms with E-state index < -0.39 is 0 Å². The zero-order valence-electron chi connectivity index (χ0n) is 17.2. The van der Waals surface area contributed by atoms with Gasteiger partial charge in [0.25, 0.3) is 0 Å². The first-order valence-corrected chi connectivity index (χ1v) is 10.6. The molecule has 5 heteroatoms. The Morgan fingerprint density at radius 1 is 0.857 bits per heavy atom. The number of benzene rings is 1. The summed E-state index contributed by atoms with van der Waals surface area (Å²) in [4.78, 5) is 29.5. The second-order valence-electron chi connectivity index (χ2n) is 7.25. The zero-order valence-corrected chi connectivity index (χ0v) is 17.2. The normalized spacial score (nSPS) is 14.6. The number of nitrogens with one attached hydrogen (secondary N) is 1. The fraction of sp³-hybridized carbons (Fsp3) is 0.565. The second-order valence-corrected chi connectivity index (χ2v) is 7.25. The Morgan fingerprint density at radius 2 is 1.46 bits per heavy atom.